The molecule has 1 aliphatic carbocycles. The number of hydrogen-bond acceptors (Lipinski definition) is 4. The molecule has 0 bridgehead atoms. The Kier molecular flexibility index (Phi) is 3.32. The molecular formula is C13H16N4S. The smallest absolute Gasteiger partial charge is 0.188 e. The second kappa shape index (κ2) is 5.10. The first kappa shape index (κ1) is 11.7. The summed E-state index contributed by atoms with van der Waals surface area (Å²) in [6, 6.07) is 8.29. The first-order valence-electron chi connectivity index (χ1n) is 6.35. The van der Waals surface area contributed by atoms with Crippen LogP contribution in [0.1, 0.15) is 31.2 Å². The molecule has 1 aliphatic rings. The van der Waals surface area contributed by atoms with Crippen molar-refractivity contribution in [3.63, 3.8) is 0 Å². The number of nitrogens with zero attached hydrogens (tertiary/aromatic N) is 4. The average Bonchev–Trinajstić information content (AvgIpc) is 3.02. The first-order chi connectivity index (χ1) is 8.83. The van der Waals surface area contributed by atoms with Gasteiger partial charge in [0.15, 0.2) is 0 Å². The van der Waals surface area contributed by atoms with Crippen LogP contribution in [0.4, 0.5) is 0 Å². The third kappa shape index (κ3) is 2.41. The van der Waals surface area contributed by atoms with Crippen molar-refractivity contribution < 1.29 is 0 Å². The minimum Gasteiger partial charge on any atom is -0.188 e. The fourth-order valence-corrected chi connectivity index (χ4v) is 3.45. The summed E-state index contributed by atoms with van der Waals surface area (Å²) in [5.41, 5.74) is 2.28. The Morgan fingerprint density at radius 1 is 1.17 bits per heavy atom. The molecule has 18 heavy (non-hydrogen) atoms. The molecule has 0 amide bonds. The molecule has 0 aliphatic heterocycles. The van der Waals surface area contributed by atoms with E-state index in [-0.39, 0.29) is 0 Å². The Balaban J connectivity index is 1.84. The first-order valence-corrected chi connectivity index (χ1v) is 7.23. The molecule has 3 rings (SSSR count). The molecule has 5 heteroatoms. The molecular weight excluding hydrogens is 244 g/mol. The molecule has 1 saturated carbocycles. The van der Waals surface area contributed by atoms with Crippen molar-refractivity contribution in [3.8, 4) is 5.69 Å². The van der Waals surface area contributed by atoms with Crippen LogP contribution in [0, 0.1) is 6.92 Å². The largest absolute Gasteiger partial charge is 0.214 e. The van der Waals surface area contributed by atoms with E-state index in [1.165, 1.54) is 31.2 Å². The van der Waals surface area contributed by atoms with Crippen LogP contribution >= 0.6 is 11.8 Å². The summed E-state index contributed by atoms with van der Waals surface area (Å²) in [5, 5.41) is 13.6. The Bertz CT molecular complexity index is 514. The minimum atomic E-state index is 0.681. The molecule has 0 spiro atoms. The van der Waals surface area contributed by atoms with E-state index in [0.29, 0.717) is 5.25 Å². The average molecular weight is 260 g/mol. The van der Waals surface area contributed by atoms with Gasteiger partial charge in [-0.05, 0) is 42.3 Å². The van der Waals surface area contributed by atoms with E-state index in [1.54, 1.807) is 0 Å². The molecule has 0 N–H and O–H groups in total. The molecule has 94 valence electrons. The van der Waals surface area contributed by atoms with Crippen LogP contribution in [0.2, 0.25) is 0 Å². The summed E-state index contributed by atoms with van der Waals surface area (Å²) >= 11 is 1.81. The number of aromatic nitrogens is 4. The molecule has 4 nitrogen and oxygen atoms in total. The lowest BCUT2D eigenvalue weighted by molar-refractivity contribution is 0.752. The lowest BCUT2D eigenvalue weighted by Gasteiger charge is -2.08. The zero-order chi connectivity index (χ0) is 12.4. The lowest BCUT2D eigenvalue weighted by atomic mass is 10.2. The fourth-order valence-electron chi connectivity index (χ4n) is 2.26. The number of benzene rings is 1. The fraction of sp³-hybridized carbons (Fsp3) is 0.462. The maximum absolute atomic E-state index is 4.14. The molecule has 1 aromatic carbocycles. The molecule has 1 fully saturated rings. The van der Waals surface area contributed by atoms with Gasteiger partial charge in [-0.2, -0.15) is 4.68 Å². The maximum Gasteiger partial charge on any atom is 0.214 e. The Morgan fingerprint density at radius 2 is 1.89 bits per heavy atom. The minimum absolute atomic E-state index is 0.681. The van der Waals surface area contributed by atoms with Crippen LogP contribution in [-0.2, 0) is 0 Å². The molecule has 0 radical (unpaired) electrons. The number of aryl methyl sites for hydroxylation is 1. The molecule has 0 unspecified atom stereocenters. The Morgan fingerprint density at radius 3 is 2.61 bits per heavy atom. The van der Waals surface area contributed by atoms with Gasteiger partial charge < -0.3 is 0 Å². The summed E-state index contributed by atoms with van der Waals surface area (Å²) in [6.45, 7) is 2.08. The lowest BCUT2D eigenvalue weighted by Crippen LogP contribution is -2.02. The SMILES string of the molecule is Cc1ccc(-n2nnnc2SC2CCCC2)cc1. The number of hydrogen-bond donors (Lipinski definition) is 0. The normalized spacial score (nSPS) is 16.3. The third-order valence-corrected chi connectivity index (χ3v) is 4.56. The number of rotatable bonds is 3. The number of tetrazole rings is 1. The highest BCUT2D eigenvalue weighted by Gasteiger charge is 2.20. The third-order valence-electron chi connectivity index (χ3n) is 3.29. The van der Waals surface area contributed by atoms with E-state index in [9.17, 15) is 0 Å². The van der Waals surface area contributed by atoms with Gasteiger partial charge in [-0.1, -0.05) is 42.3 Å². The van der Waals surface area contributed by atoms with E-state index in [2.05, 4.69) is 46.7 Å². The second-order valence-electron chi connectivity index (χ2n) is 4.73. The van der Waals surface area contributed by atoms with Crippen molar-refractivity contribution in [2.45, 2.75) is 43.0 Å². The summed E-state index contributed by atoms with van der Waals surface area (Å²) in [5.74, 6) is 0. The predicted octanol–water partition coefficient (Wildman–Crippen LogP) is 3.01. The number of thioether (sulfide) groups is 1. The van der Waals surface area contributed by atoms with Crippen molar-refractivity contribution in [2.24, 2.45) is 0 Å². The van der Waals surface area contributed by atoms with Crippen LogP contribution in [0.3, 0.4) is 0 Å². The highest BCUT2D eigenvalue weighted by atomic mass is 32.2. The van der Waals surface area contributed by atoms with Gasteiger partial charge in [0.1, 0.15) is 0 Å². The van der Waals surface area contributed by atoms with Crippen LogP contribution in [-0.4, -0.2) is 25.5 Å². The topological polar surface area (TPSA) is 43.6 Å². The van der Waals surface area contributed by atoms with E-state index in [1.807, 2.05) is 16.4 Å². The van der Waals surface area contributed by atoms with Crippen molar-refractivity contribution >= 4 is 11.8 Å². The summed E-state index contributed by atoms with van der Waals surface area (Å²) in [7, 11) is 0. The van der Waals surface area contributed by atoms with Gasteiger partial charge in [0, 0.05) is 5.25 Å². The molecule has 0 atom stereocenters. The zero-order valence-corrected chi connectivity index (χ0v) is 11.2. The van der Waals surface area contributed by atoms with Gasteiger partial charge in [0.2, 0.25) is 5.16 Å². The Labute approximate surface area is 111 Å². The van der Waals surface area contributed by atoms with Gasteiger partial charge in [0.05, 0.1) is 5.69 Å². The quantitative estimate of drug-likeness (QED) is 0.851. The van der Waals surface area contributed by atoms with Crippen LogP contribution < -0.4 is 0 Å². The van der Waals surface area contributed by atoms with E-state index < -0.39 is 0 Å². The van der Waals surface area contributed by atoms with Gasteiger partial charge in [-0.15, -0.1) is 5.10 Å². The van der Waals surface area contributed by atoms with E-state index >= 15 is 0 Å². The standard InChI is InChI=1S/C13H16N4S/c1-10-6-8-11(9-7-10)17-13(14-15-16-17)18-12-4-2-3-5-12/h6-9,12H,2-5H2,1H3. The maximum atomic E-state index is 4.14. The second-order valence-corrected chi connectivity index (χ2v) is 6.00. The van der Waals surface area contributed by atoms with Crippen molar-refractivity contribution in [1.29, 1.82) is 0 Å². The molecule has 1 heterocycles. The highest BCUT2D eigenvalue weighted by molar-refractivity contribution is 7.99. The highest BCUT2D eigenvalue weighted by Crippen LogP contribution is 2.33. The van der Waals surface area contributed by atoms with Crippen molar-refractivity contribution in [3.05, 3.63) is 29.8 Å². The van der Waals surface area contributed by atoms with E-state index in [0.717, 1.165) is 10.8 Å². The van der Waals surface area contributed by atoms with Crippen LogP contribution in [0.15, 0.2) is 29.4 Å². The predicted molar refractivity (Wildman–Crippen MR) is 72.0 cm³/mol. The van der Waals surface area contributed by atoms with Crippen molar-refractivity contribution in [1.82, 2.24) is 20.2 Å². The van der Waals surface area contributed by atoms with Crippen molar-refractivity contribution in [2.75, 3.05) is 0 Å². The molecule has 0 saturated heterocycles. The summed E-state index contributed by atoms with van der Waals surface area (Å²) in [4.78, 5) is 0. The zero-order valence-electron chi connectivity index (χ0n) is 10.4. The monoisotopic (exact) mass is 260 g/mol. The Hall–Kier alpha value is -1.36. The summed E-state index contributed by atoms with van der Waals surface area (Å²) in [6.07, 6.45) is 5.24. The van der Waals surface area contributed by atoms with Gasteiger partial charge in [0.25, 0.3) is 0 Å². The van der Waals surface area contributed by atoms with Gasteiger partial charge in [-0.25, -0.2) is 0 Å². The van der Waals surface area contributed by atoms with Crippen LogP contribution in [0.25, 0.3) is 5.69 Å². The van der Waals surface area contributed by atoms with Gasteiger partial charge in [-0.3, -0.25) is 0 Å². The van der Waals surface area contributed by atoms with E-state index in [4.69, 9.17) is 0 Å². The molecule has 1 aromatic heterocycles. The van der Waals surface area contributed by atoms with Crippen LogP contribution in [0.5, 0.6) is 0 Å². The summed E-state index contributed by atoms with van der Waals surface area (Å²) < 4.78 is 1.84. The molecule has 2 aromatic rings. The van der Waals surface area contributed by atoms with Gasteiger partial charge >= 0.3 is 0 Å².